The summed E-state index contributed by atoms with van der Waals surface area (Å²) >= 11 is 3.34. The Kier molecular flexibility index (Phi) is 4.45. The quantitative estimate of drug-likeness (QED) is 0.770. The molecular weight excluding hydrogens is 318 g/mol. The first kappa shape index (κ1) is 14.0. The van der Waals surface area contributed by atoms with E-state index in [0.29, 0.717) is 11.9 Å². The molecule has 1 aromatic heterocycles. The van der Waals surface area contributed by atoms with Gasteiger partial charge in [-0.15, -0.1) is 0 Å². The van der Waals surface area contributed by atoms with Gasteiger partial charge < -0.3 is 0 Å². The van der Waals surface area contributed by atoms with E-state index >= 15 is 0 Å². The number of sulfonamides is 1. The van der Waals surface area contributed by atoms with E-state index in [-0.39, 0.29) is 10.9 Å². The van der Waals surface area contributed by atoms with Crippen molar-refractivity contribution in [2.75, 3.05) is 11.9 Å². The molecule has 0 radical (unpaired) electrons. The van der Waals surface area contributed by atoms with Crippen LogP contribution < -0.4 is 0 Å². The number of hydrogen-bond acceptors (Lipinski definition) is 3. The molecule has 0 N–H and O–H groups in total. The molecule has 1 aliphatic rings. The molecule has 0 amide bonds. The highest BCUT2D eigenvalue weighted by Gasteiger charge is 2.33. The van der Waals surface area contributed by atoms with E-state index in [9.17, 15) is 8.42 Å². The summed E-state index contributed by atoms with van der Waals surface area (Å²) < 4.78 is 28.3. The van der Waals surface area contributed by atoms with Gasteiger partial charge in [-0.25, -0.2) is 8.42 Å². The minimum atomic E-state index is -3.41. The first-order chi connectivity index (χ1) is 8.55. The molecule has 1 fully saturated rings. The monoisotopic (exact) mass is 335 g/mol. The molecular formula is C11H18BrN3O2S. The van der Waals surface area contributed by atoms with Crippen molar-refractivity contribution in [2.24, 2.45) is 7.05 Å². The van der Waals surface area contributed by atoms with Crippen LogP contribution in [-0.2, 0) is 17.1 Å². The van der Waals surface area contributed by atoms with E-state index < -0.39 is 10.0 Å². The molecule has 0 saturated heterocycles. The van der Waals surface area contributed by atoms with Crippen LogP contribution in [0.2, 0.25) is 0 Å². The van der Waals surface area contributed by atoms with Gasteiger partial charge in [-0.1, -0.05) is 28.8 Å². The standard InChI is InChI=1S/C11H18BrN3O2S/c1-14-9-11(8-13-14)18(16,17)15(7-6-12)10-4-2-3-5-10/h8-10H,2-7H2,1H3. The summed E-state index contributed by atoms with van der Waals surface area (Å²) in [6, 6.07) is 0.146. The third-order valence-electron chi connectivity index (χ3n) is 3.32. The smallest absolute Gasteiger partial charge is 0.246 e. The SMILES string of the molecule is Cn1cc(S(=O)(=O)N(CCBr)C2CCCC2)cn1. The van der Waals surface area contributed by atoms with E-state index in [1.807, 2.05) is 0 Å². The number of aromatic nitrogens is 2. The molecule has 0 aromatic carbocycles. The lowest BCUT2D eigenvalue weighted by atomic mass is 10.2. The Balaban J connectivity index is 2.28. The summed E-state index contributed by atoms with van der Waals surface area (Å²) in [5.41, 5.74) is 0. The van der Waals surface area contributed by atoms with E-state index in [1.165, 1.54) is 10.9 Å². The van der Waals surface area contributed by atoms with Crippen LogP contribution in [-0.4, -0.2) is 40.4 Å². The van der Waals surface area contributed by atoms with Gasteiger partial charge in [0, 0.05) is 31.2 Å². The van der Waals surface area contributed by atoms with E-state index in [2.05, 4.69) is 21.0 Å². The van der Waals surface area contributed by atoms with Crippen molar-refractivity contribution < 1.29 is 8.42 Å². The second kappa shape index (κ2) is 5.71. The molecule has 1 heterocycles. The highest BCUT2D eigenvalue weighted by molar-refractivity contribution is 9.09. The molecule has 0 aliphatic heterocycles. The topological polar surface area (TPSA) is 55.2 Å². The van der Waals surface area contributed by atoms with Crippen LogP contribution in [0.15, 0.2) is 17.3 Å². The summed E-state index contributed by atoms with van der Waals surface area (Å²) in [7, 11) is -1.68. The zero-order chi connectivity index (χ0) is 13.2. The summed E-state index contributed by atoms with van der Waals surface area (Å²) in [5.74, 6) is 0. The van der Waals surface area contributed by atoms with Gasteiger partial charge in [-0.3, -0.25) is 4.68 Å². The van der Waals surface area contributed by atoms with Gasteiger partial charge in [-0.05, 0) is 12.8 Å². The van der Waals surface area contributed by atoms with Gasteiger partial charge in [0.1, 0.15) is 4.90 Å². The molecule has 0 spiro atoms. The van der Waals surface area contributed by atoms with Crippen molar-refractivity contribution in [2.45, 2.75) is 36.6 Å². The van der Waals surface area contributed by atoms with Crippen LogP contribution in [0.25, 0.3) is 0 Å². The van der Waals surface area contributed by atoms with E-state index in [1.54, 1.807) is 17.5 Å². The average Bonchev–Trinajstić information content (AvgIpc) is 2.96. The van der Waals surface area contributed by atoms with Crippen molar-refractivity contribution in [3.05, 3.63) is 12.4 Å². The van der Waals surface area contributed by atoms with Gasteiger partial charge in [0.15, 0.2) is 0 Å². The molecule has 0 unspecified atom stereocenters. The summed E-state index contributed by atoms with van der Waals surface area (Å²) in [6.07, 6.45) is 7.15. The molecule has 102 valence electrons. The molecule has 1 saturated carbocycles. The lowest BCUT2D eigenvalue weighted by Gasteiger charge is -2.26. The van der Waals surface area contributed by atoms with Crippen LogP contribution >= 0.6 is 15.9 Å². The van der Waals surface area contributed by atoms with Crippen molar-refractivity contribution in [1.82, 2.24) is 14.1 Å². The zero-order valence-electron chi connectivity index (χ0n) is 10.4. The lowest BCUT2D eigenvalue weighted by Crippen LogP contribution is -2.39. The Labute approximate surface area is 116 Å². The Morgan fingerprint density at radius 2 is 2.17 bits per heavy atom. The Hall–Kier alpha value is -0.400. The fourth-order valence-corrected chi connectivity index (χ4v) is 4.73. The van der Waals surface area contributed by atoms with Gasteiger partial charge in [0.25, 0.3) is 0 Å². The summed E-state index contributed by atoms with van der Waals surface area (Å²) in [6.45, 7) is 0.516. The van der Waals surface area contributed by atoms with Gasteiger partial charge in [0.2, 0.25) is 10.0 Å². The van der Waals surface area contributed by atoms with Crippen molar-refractivity contribution in [3.63, 3.8) is 0 Å². The van der Waals surface area contributed by atoms with Gasteiger partial charge in [0.05, 0.1) is 6.20 Å². The van der Waals surface area contributed by atoms with Gasteiger partial charge >= 0.3 is 0 Å². The second-order valence-corrected chi connectivity index (χ2v) is 7.28. The molecule has 2 rings (SSSR count). The fraction of sp³-hybridized carbons (Fsp3) is 0.727. The molecule has 0 bridgehead atoms. The molecule has 1 aliphatic carbocycles. The van der Waals surface area contributed by atoms with Crippen molar-refractivity contribution >= 4 is 26.0 Å². The fourth-order valence-electron chi connectivity index (χ4n) is 2.44. The average molecular weight is 336 g/mol. The molecule has 18 heavy (non-hydrogen) atoms. The maximum atomic E-state index is 12.6. The Morgan fingerprint density at radius 3 is 2.67 bits per heavy atom. The van der Waals surface area contributed by atoms with Crippen LogP contribution in [0, 0.1) is 0 Å². The maximum absolute atomic E-state index is 12.6. The van der Waals surface area contributed by atoms with Gasteiger partial charge in [-0.2, -0.15) is 9.40 Å². The van der Waals surface area contributed by atoms with Crippen molar-refractivity contribution in [3.8, 4) is 0 Å². The number of rotatable bonds is 5. The minimum Gasteiger partial charge on any atom is -0.274 e. The molecule has 5 nitrogen and oxygen atoms in total. The number of hydrogen-bond donors (Lipinski definition) is 0. The molecule has 7 heteroatoms. The predicted octanol–water partition coefficient (Wildman–Crippen LogP) is 1.75. The third kappa shape index (κ3) is 2.78. The van der Waals surface area contributed by atoms with Crippen molar-refractivity contribution in [1.29, 1.82) is 0 Å². The first-order valence-corrected chi connectivity index (χ1v) is 8.68. The first-order valence-electron chi connectivity index (χ1n) is 6.12. The van der Waals surface area contributed by atoms with Crippen LogP contribution in [0.3, 0.4) is 0 Å². The van der Waals surface area contributed by atoms with Crippen LogP contribution in [0.4, 0.5) is 0 Å². The molecule has 1 aromatic rings. The minimum absolute atomic E-state index is 0.146. The largest absolute Gasteiger partial charge is 0.274 e. The number of aryl methyl sites for hydroxylation is 1. The Bertz CT molecular complexity index is 494. The van der Waals surface area contributed by atoms with E-state index in [4.69, 9.17) is 0 Å². The van der Waals surface area contributed by atoms with E-state index in [0.717, 1.165) is 25.7 Å². The second-order valence-electron chi connectivity index (χ2n) is 4.59. The zero-order valence-corrected chi connectivity index (χ0v) is 12.8. The summed E-state index contributed by atoms with van der Waals surface area (Å²) in [5, 5.41) is 4.61. The molecule has 0 atom stereocenters. The lowest BCUT2D eigenvalue weighted by molar-refractivity contribution is 0.338. The number of halogens is 1. The number of nitrogens with zero attached hydrogens (tertiary/aromatic N) is 3. The predicted molar refractivity (Wildman–Crippen MR) is 73.1 cm³/mol. The van der Waals surface area contributed by atoms with Crippen LogP contribution in [0.5, 0.6) is 0 Å². The summed E-state index contributed by atoms with van der Waals surface area (Å²) in [4.78, 5) is 0.290. The number of alkyl halides is 1. The highest BCUT2D eigenvalue weighted by Crippen LogP contribution is 2.28. The third-order valence-corrected chi connectivity index (χ3v) is 5.58. The Morgan fingerprint density at radius 1 is 1.50 bits per heavy atom. The maximum Gasteiger partial charge on any atom is 0.246 e. The van der Waals surface area contributed by atoms with Crippen LogP contribution in [0.1, 0.15) is 25.7 Å². The highest BCUT2D eigenvalue weighted by atomic mass is 79.9. The normalized spacial score (nSPS) is 17.7.